The zero-order valence-corrected chi connectivity index (χ0v) is 23.3. The van der Waals surface area contributed by atoms with Crippen LogP contribution in [-0.2, 0) is 11.3 Å². The molecule has 1 N–H and O–H groups in total. The van der Waals surface area contributed by atoms with Crippen LogP contribution < -0.4 is 10.1 Å². The number of rotatable bonds is 6. The summed E-state index contributed by atoms with van der Waals surface area (Å²) < 4.78 is 12.8. The first-order chi connectivity index (χ1) is 18.1. The maximum atomic E-state index is 13.5. The maximum Gasteiger partial charge on any atom is 0.410 e. The minimum Gasteiger partial charge on any atom is -0.496 e. The van der Waals surface area contributed by atoms with E-state index in [0.29, 0.717) is 48.8 Å². The van der Waals surface area contributed by atoms with E-state index in [1.165, 1.54) is 0 Å². The number of hydrogen-bond donors (Lipinski definition) is 1. The summed E-state index contributed by atoms with van der Waals surface area (Å²) in [7, 11) is 1.61. The van der Waals surface area contributed by atoms with Gasteiger partial charge in [-0.2, -0.15) is 5.10 Å². The van der Waals surface area contributed by atoms with E-state index in [1.807, 2.05) is 74.8 Å². The minimum atomic E-state index is -0.552. The number of likely N-dealkylation sites (tertiary alicyclic amines) is 1. The Labute approximate surface area is 228 Å². The number of nitrogens with one attached hydrogen (secondary N) is 1. The van der Waals surface area contributed by atoms with Crippen molar-refractivity contribution in [2.75, 3.05) is 20.2 Å². The molecule has 38 heavy (non-hydrogen) atoms. The van der Waals surface area contributed by atoms with Crippen molar-refractivity contribution in [3.05, 3.63) is 76.1 Å². The van der Waals surface area contributed by atoms with E-state index in [0.717, 1.165) is 22.5 Å². The Balaban J connectivity index is 1.61. The Morgan fingerprint density at radius 3 is 2.50 bits per heavy atom. The quantitative estimate of drug-likeness (QED) is 0.423. The summed E-state index contributed by atoms with van der Waals surface area (Å²) in [6.45, 7) is 8.90. The van der Waals surface area contributed by atoms with E-state index in [-0.39, 0.29) is 17.9 Å². The SMILES string of the molecule is COc1ccccc1CNC(=O)c1cnn(-c2cccc(Cl)c2C)c1C1CCN(C(=O)OC(C)(C)C)CC1. The van der Waals surface area contributed by atoms with Crippen molar-refractivity contribution >= 4 is 23.6 Å². The lowest BCUT2D eigenvalue weighted by Gasteiger charge is -2.34. The highest BCUT2D eigenvalue weighted by atomic mass is 35.5. The monoisotopic (exact) mass is 538 g/mol. The van der Waals surface area contributed by atoms with Crippen molar-refractivity contribution in [2.24, 2.45) is 0 Å². The molecule has 202 valence electrons. The number of methoxy groups -OCH3 is 1. The van der Waals surface area contributed by atoms with Gasteiger partial charge in [0.1, 0.15) is 11.4 Å². The van der Waals surface area contributed by atoms with E-state index >= 15 is 0 Å². The maximum absolute atomic E-state index is 13.5. The van der Waals surface area contributed by atoms with Crippen LogP contribution in [0.1, 0.15) is 66.7 Å². The average molecular weight is 539 g/mol. The van der Waals surface area contributed by atoms with Gasteiger partial charge in [-0.1, -0.05) is 35.9 Å². The highest BCUT2D eigenvalue weighted by Crippen LogP contribution is 2.34. The predicted molar refractivity (Wildman–Crippen MR) is 147 cm³/mol. The molecule has 0 saturated carbocycles. The highest BCUT2D eigenvalue weighted by molar-refractivity contribution is 6.31. The molecular weight excluding hydrogens is 504 g/mol. The number of hydrogen-bond acceptors (Lipinski definition) is 5. The first kappa shape index (κ1) is 27.5. The van der Waals surface area contributed by atoms with Crippen LogP contribution in [-0.4, -0.2) is 52.5 Å². The zero-order chi connectivity index (χ0) is 27.4. The van der Waals surface area contributed by atoms with Crippen LogP contribution in [0.25, 0.3) is 5.69 Å². The molecule has 9 heteroatoms. The molecule has 3 aromatic rings. The largest absolute Gasteiger partial charge is 0.496 e. The van der Waals surface area contributed by atoms with Crippen molar-refractivity contribution in [1.82, 2.24) is 20.0 Å². The summed E-state index contributed by atoms with van der Waals surface area (Å²) in [6.07, 6.45) is 2.66. The van der Waals surface area contributed by atoms with Gasteiger partial charge in [0.2, 0.25) is 0 Å². The van der Waals surface area contributed by atoms with E-state index in [4.69, 9.17) is 21.1 Å². The Kier molecular flexibility index (Phi) is 8.31. The lowest BCUT2D eigenvalue weighted by atomic mass is 9.90. The van der Waals surface area contributed by atoms with E-state index in [2.05, 4.69) is 10.4 Å². The molecule has 1 aromatic heterocycles. The number of carbonyl (C=O) groups excluding carboxylic acids is 2. The molecule has 0 unspecified atom stereocenters. The van der Waals surface area contributed by atoms with Crippen molar-refractivity contribution in [2.45, 2.75) is 58.6 Å². The molecule has 1 aliphatic rings. The van der Waals surface area contributed by atoms with Gasteiger partial charge in [0.05, 0.1) is 30.3 Å². The second-order valence-corrected chi connectivity index (χ2v) is 10.9. The number of amides is 2. The van der Waals surface area contributed by atoms with Gasteiger partial charge >= 0.3 is 6.09 Å². The second kappa shape index (κ2) is 11.5. The Hall–Kier alpha value is -3.52. The number of halogens is 1. The normalized spacial score (nSPS) is 14.3. The smallest absolute Gasteiger partial charge is 0.410 e. The molecule has 4 rings (SSSR count). The van der Waals surface area contributed by atoms with Crippen LogP contribution in [0.4, 0.5) is 4.79 Å². The predicted octanol–water partition coefficient (Wildman–Crippen LogP) is 5.89. The first-order valence-electron chi connectivity index (χ1n) is 12.8. The minimum absolute atomic E-state index is 0.0154. The summed E-state index contributed by atoms with van der Waals surface area (Å²) in [5.41, 5.74) is 3.36. The molecule has 0 radical (unpaired) electrons. The van der Waals surface area contributed by atoms with E-state index < -0.39 is 5.60 Å². The van der Waals surface area contributed by atoms with Crippen LogP contribution >= 0.6 is 11.6 Å². The molecule has 1 saturated heterocycles. The number of nitrogens with zero attached hydrogens (tertiary/aromatic N) is 3. The fourth-order valence-corrected chi connectivity index (χ4v) is 4.89. The molecule has 8 nitrogen and oxygen atoms in total. The van der Waals surface area contributed by atoms with Gasteiger partial charge in [0.25, 0.3) is 5.91 Å². The molecule has 0 spiro atoms. The Morgan fingerprint density at radius 2 is 1.82 bits per heavy atom. The molecule has 0 aliphatic carbocycles. The number of ether oxygens (including phenoxy) is 2. The third-order valence-corrected chi connectivity index (χ3v) is 7.09. The van der Waals surface area contributed by atoms with Crippen LogP contribution in [0.15, 0.2) is 48.7 Å². The Morgan fingerprint density at radius 1 is 1.11 bits per heavy atom. The topological polar surface area (TPSA) is 85.7 Å². The van der Waals surface area contributed by atoms with Crippen molar-refractivity contribution in [3.8, 4) is 11.4 Å². The third kappa shape index (κ3) is 6.13. The highest BCUT2D eigenvalue weighted by Gasteiger charge is 2.32. The molecule has 2 amide bonds. The molecule has 1 fully saturated rings. The molecule has 2 aromatic carbocycles. The lowest BCUT2D eigenvalue weighted by molar-refractivity contribution is 0.0203. The summed E-state index contributed by atoms with van der Waals surface area (Å²) in [4.78, 5) is 27.8. The average Bonchev–Trinajstić information content (AvgIpc) is 3.33. The second-order valence-electron chi connectivity index (χ2n) is 10.5. The van der Waals surface area contributed by atoms with Gasteiger partial charge < -0.3 is 19.7 Å². The molecule has 2 heterocycles. The Bertz CT molecular complexity index is 1310. The summed E-state index contributed by atoms with van der Waals surface area (Å²) in [6, 6.07) is 13.3. The fraction of sp³-hybridized carbons (Fsp3) is 0.414. The zero-order valence-electron chi connectivity index (χ0n) is 22.6. The van der Waals surface area contributed by atoms with Gasteiger partial charge in [0, 0.05) is 36.1 Å². The lowest BCUT2D eigenvalue weighted by Crippen LogP contribution is -2.41. The molecular formula is C29H35ClN4O4. The standard InChI is InChI=1S/C29H35ClN4O4/c1-19-23(30)10-8-11-24(19)34-26(20-13-15-33(16-14-20)28(36)38-29(2,3)4)22(18-32-34)27(35)31-17-21-9-6-7-12-25(21)37-5/h6-12,18,20H,13-17H2,1-5H3,(H,31,35). The molecule has 0 atom stereocenters. The van der Waals surface area contributed by atoms with Crippen molar-refractivity contribution in [3.63, 3.8) is 0 Å². The van der Waals surface area contributed by atoms with Crippen LogP contribution in [0, 0.1) is 6.92 Å². The number of para-hydroxylation sites is 1. The van der Waals surface area contributed by atoms with Crippen LogP contribution in [0.5, 0.6) is 5.75 Å². The van der Waals surface area contributed by atoms with Gasteiger partial charge in [-0.25, -0.2) is 9.48 Å². The van der Waals surface area contributed by atoms with Gasteiger partial charge in [0.15, 0.2) is 0 Å². The number of benzene rings is 2. The van der Waals surface area contributed by atoms with E-state index in [1.54, 1.807) is 18.2 Å². The first-order valence-corrected chi connectivity index (χ1v) is 13.2. The number of piperidine rings is 1. The molecule has 1 aliphatic heterocycles. The van der Waals surface area contributed by atoms with Gasteiger partial charge in [-0.15, -0.1) is 0 Å². The van der Waals surface area contributed by atoms with E-state index in [9.17, 15) is 9.59 Å². The number of aromatic nitrogens is 2. The van der Waals surface area contributed by atoms with Gasteiger partial charge in [-0.05, 0) is 64.3 Å². The summed E-state index contributed by atoms with van der Waals surface area (Å²) in [5, 5.41) is 8.30. The van der Waals surface area contributed by atoms with Crippen LogP contribution in [0.3, 0.4) is 0 Å². The van der Waals surface area contributed by atoms with Crippen molar-refractivity contribution < 1.29 is 19.1 Å². The number of carbonyl (C=O) groups is 2. The van der Waals surface area contributed by atoms with Gasteiger partial charge in [-0.3, -0.25) is 4.79 Å². The van der Waals surface area contributed by atoms with Crippen molar-refractivity contribution in [1.29, 1.82) is 0 Å². The summed E-state index contributed by atoms with van der Waals surface area (Å²) in [5.74, 6) is 0.515. The fourth-order valence-electron chi connectivity index (χ4n) is 4.72. The van der Waals surface area contributed by atoms with Crippen LogP contribution in [0.2, 0.25) is 5.02 Å². The molecule has 0 bridgehead atoms. The third-order valence-electron chi connectivity index (χ3n) is 6.68. The summed E-state index contributed by atoms with van der Waals surface area (Å²) >= 11 is 6.43.